The van der Waals surface area contributed by atoms with E-state index in [9.17, 15) is 0 Å². The molecule has 0 spiro atoms. The highest BCUT2D eigenvalue weighted by molar-refractivity contribution is 5.80. The summed E-state index contributed by atoms with van der Waals surface area (Å²) in [5, 5.41) is 10.7. The van der Waals surface area contributed by atoms with Gasteiger partial charge in [0, 0.05) is 43.0 Å². The monoisotopic (exact) mass is 384 g/mol. The van der Waals surface area contributed by atoms with E-state index < -0.39 is 0 Å². The van der Waals surface area contributed by atoms with Gasteiger partial charge in [0.15, 0.2) is 0 Å². The SMILES string of the molecule is C=Cc1[nH]c2/c(c1C=C)=c1/cccc/c1=c1\[nH]c3ccccc3\c1=c1/cccc/c1=2. The lowest BCUT2D eigenvalue weighted by atomic mass is 10.0. The quantitative estimate of drug-likeness (QED) is 0.354. The highest BCUT2D eigenvalue weighted by Gasteiger charge is 2.10. The first-order valence-corrected chi connectivity index (χ1v) is 10.1. The summed E-state index contributed by atoms with van der Waals surface area (Å²) >= 11 is 0. The maximum absolute atomic E-state index is 4.11. The number of fused-ring (bicyclic) bond motifs is 6. The lowest BCUT2D eigenvalue weighted by Crippen LogP contribution is -1.88. The summed E-state index contributed by atoms with van der Waals surface area (Å²) in [6.45, 7) is 8.13. The summed E-state index contributed by atoms with van der Waals surface area (Å²) in [5.41, 5.74) is 3.23. The number of aromatic nitrogens is 2. The third kappa shape index (κ3) is 2.13. The van der Waals surface area contributed by atoms with E-state index >= 15 is 0 Å². The summed E-state index contributed by atoms with van der Waals surface area (Å²) in [6.07, 6.45) is 3.81. The number of nitrogens with one attached hydrogen (secondary N) is 2. The maximum atomic E-state index is 4.11. The molecule has 0 atom stereocenters. The lowest BCUT2D eigenvalue weighted by Gasteiger charge is -1.98. The molecule has 0 unspecified atom stereocenters. The normalized spacial score (nSPS) is 16.4. The Hall–Kier alpha value is -4.04. The third-order valence-electron chi connectivity index (χ3n) is 6.11. The van der Waals surface area contributed by atoms with E-state index in [1.165, 1.54) is 36.7 Å². The van der Waals surface area contributed by atoms with Crippen LogP contribution in [-0.4, -0.2) is 9.97 Å². The molecular weight excluding hydrogens is 364 g/mol. The summed E-state index contributed by atoms with van der Waals surface area (Å²) in [7, 11) is 0. The average Bonchev–Trinajstić information content (AvgIpc) is 3.36. The first-order valence-electron chi connectivity index (χ1n) is 10.1. The van der Waals surface area contributed by atoms with Crippen LogP contribution >= 0.6 is 0 Å². The summed E-state index contributed by atoms with van der Waals surface area (Å²) in [4.78, 5) is 7.35. The zero-order chi connectivity index (χ0) is 20.2. The van der Waals surface area contributed by atoms with Crippen molar-refractivity contribution in [3.05, 3.63) is 139 Å². The molecule has 1 aliphatic rings. The van der Waals surface area contributed by atoms with Crippen molar-refractivity contribution in [1.29, 1.82) is 0 Å². The molecule has 0 bridgehead atoms. The van der Waals surface area contributed by atoms with Gasteiger partial charge in [-0.3, -0.25) is 0 Å². The van der Waals surface area contributed by atoms with Crippen molar-refractivity contribution >= 4 is 23.1 Å². The van der Waals surface area contributed by atoms with Gasteiger partial charge in [-0.15, -0.1) is 0 Å². The van der Waals surface area contributed by atoms with E-state index in [1.54, 1.807) is 0 Å². The van der Waals surface area contributed by atoms with Crippen molar-refractivity contribution in [1.82, 2.24) is 9.97 Å². The molecule has 0 saturated heterocycles. The Balaban J connectivity index is 2.25. The van der Waals surface area contributed by atoms with E-state index in [1.807, 2.05) is 12.2 Å². The average molecular weight is 384 g/mol. The van der Waals surface area contributed by atoms with E-state index in [-0.39, 0.29) is 0 Å². The van der Waals surface area contributed by atoms with Gasteiger partial charge in [-0.2, -0.15) is 0 Å². The van der Waals surface area contributed by atoms with Crippen LogP contribution in [0.25, 0.3) is 23.1 Å². The molecule has 142 valence electrons. The van der Waals surface area contributed by atoms with Crippen LogP contribution in [0, 0.1) is 42.0 Å². The van der Waals surface area contributed by atoms with Gasteiger partial charge in [0.1, 0.15) is 0 Å². The number of benzene rings is 3. The summed E-state index contributed by atoms with van der Waals surface area (Å²) in [5.74, 6) is 0. The molecule has 0 radical (unpaired) electrons. The first kappa shape index (κ1) is 16.9. The Bertz CT molecular complexity index is 1890. The molecule has 0 fully saturated rings. The Morgan fingerprint density at radius 3 is 1.80 bits per heavy atom. The van der Waals surface area contributed by atoms with E-state index in [0.717, 1.165) is 27.5 Å². The zero-order valence-electron chi connectivity index (χ0n) is 16.5. The second-order valence-corrected chi connectivity index (χ2v) is 7.62. The highest BCUT2D eigenvalue weighted by Crippen LogP contribution is 2.22. The minimum Gasteiger partial charge on any atom is -0.354 e. The molecule has 30 heavy (non-hydrogen) atoms. The third-order valence-corrected chi connectivity index (χ3v) is 6.11. The molecule has 2 heterocycles. The first-order chi connectivity index (χ1) is 14.8. The smallest absolute Gasteiger partial charge is 0.0551 e. The Morgan fingerprint density at radius 1 is 0.567 bits per heavy atom. The van der Waals surface area contributed by atoms with Gasteiger partial charge < -0.3 is 9.97 Å². The number of para-hydroxylation sites is 1. The molecule has 6 rings (SSSR count). The predicted molar refractivity (Wildman–Crippen MR) is 123 cm³/mol. The van der Waals surface area contributed by atoms with Crippen molar-refractivity contribution < 1.29 is 0 Å². The molecule has 0 aliphatic heterocycles. The van der Waals surface area contributed by atoms with Gasteiger partial charge in [-0.25, -0.2) is 0 Å². The van der Waals surface area contributed by atoms with E-state index in [0.29, 0.717) is 0 Å². The summed E-state index contributed by atoms with van der Waals surface area (Å²) < 4.78 is 0. The van der Waals surface area contributed by atoms with Crippen molar-refractivity contribution in [2.75, 3.05) is 0 Å². The maximum Gasteiger partial charge on any atom is 0.0551 e. The second kappa shape index (κ2) is 6.23. The van der Waals surface area contributed by atoms with Gasteiger partial charge in [-0.1, -0.05) is 86.0 Å². The van der Waals surface area contributed by atoms with Crippen molar-refractivity contribution in [3.63, 3.8) is 0 Å². The van der Waals surface area contributed by atoms with Crippen molar-refractivity contribution in [3.8, 4) is 0 Å². The molecular formula is C28H20N2. The van der Waals surface area contributed by atoms with Crippen LogP contribution in [0.2, 0.25) is 0 Å². The molecule has 1 aliphatic carbocycles. The van der Waals surface area contributed by atoms with Crippen LogP contribution in [0.4, 0.5) is 0 Å². The molecule has 0 saturated carbocycles. The summed E-state index contributed by atoms with van der Waals surface area (Å²) in [6, 6.07) is 25.8. The number of H-pyrrole nitrogens is 2. The minimum atomic E-state index is 0.995. The molecule has 2 heteroatoms. The van der Waals surface area contributed by atoms with Crippen LogP contribution in [-0.2, 0) is 0 Å². The van der Waals surface area contributed by atoms with Crippen LogP contribution in [0.15, 0.2) is 86.0 Å². The van der Waals surface area contributed by atoms with Crippen LogP contribution in [0.1, 0.15) is 11.3 Å². The Kier molecular flexibility index (Phi) is 3.50. The van der Waals surface area contributed by atoms with Gasteiger partial charge in [0.05, 0.1) is 10.7 Å². The van der Waals surface area contributed by atoms with Crippen LogP contribution in [0.3, 0.4) is 0 Å². The Morgan fingerprint density at radius 2 is 1.13 bits per heavy atom. The predicted octanol–water partition coefficient (Wildman–Crippen LogP) is 6.24. The van der Waals surface area contributed by atoms with E-state index in [4.69, 9.17) is 0 Å². The lowest BCUT2D eigenvalue weighted by molar-refractivity contribution is 1.21. The molecule has 3 aromatic carbocycles. The van der Waals surface area contributed by atoms with Crippen molar-refractivity contribution in [2.45, 2.75) is 0 Å². The largest absolute Gasteiger partial charge is 0.354 e. The molecule has 2 N–H and O–H groups in total. The molecule has 2 nitrogen and oxygen atoms in total. The van der Waals surface area contributed by atoms with Crippen molar-refractivity contribution in [2.24, 2.45) is 0 Å². The standard InChI is InChI=1S/C28H20N2/c1-3-17-23(4-2)29-27-21-14-8-6-12-19(21)26-22-15-9-10-16-24(22)30-28(26)20-13-7-5-11-18(20)25(17)27/h3-16,29-30H,1-2H2/b25-18-,26-19-,27-21+,28-20+. The Labute approximate surface area is 172 Å². The zero-order valence-corrected chi connectivity index (χ0v) is 16.5. The van der Waals surface area contributed by atoms with Gasteiger partial charge in [0.25, 0.3) is 0 Å². The topological polar surface area (TPSA) is 31.6 Å². The number of hydrogen-bond donors (Lipinski definition) is 2. The van der Waals surface area contributed by atoms with Gasteiger partial charge in [-0.05, 0) is 22.6 Å². The molecule has 5 aromatic rings. The van der Waals surface area contributed by atoms with Gasteiger partial charge in [0.2, 0.25) is 0 Å². The fourth-order valence-corrected chi connectivity index (χ4v) is 4.85. The van der Waals surface area contributed by atoms with Crippen LogP contribution in [0.5, 0.6) is 0 Å². The van der Waals surface area contributed by atoms with E-state index in [2.05, 4.69) is 95.9 Å². The molecule has 2 aromatic heterocycles. The fourth-order valence-electron chi connectivity index (χ4n) is 4.85. The molecule has 0 amide bonds. The number of hydrogen-bond acceptors (Lipinski definition) is 0. The van der Waals surface area contributed by atoms with Gasteiger partial charge >= 0.3 is 0 Å². The number of rotatable bonds is 2. The highest BCUT2D eigenvalue weighted by atomic mass is 14.7. The number of aromatic amines is 2. The van der Waals surface area contributed by atoms with Crippen LogP contribution < -0.4 is 0 Å². The second-order valence-electron chi connectivity index (χ2n) is 7.62. The fraction of sp³-hybridized carbons (Fsp3) is 0. The minimum absolute atomic E-state index is 0.995.